The molecule has 0 radical (unpaired) electrons. The Kier molecular flexibility index (Phi) is 4.53. The molecule has 0 aliphatic heterocycles. The zero-order chi connectivity index (χ0) is 17.3. The highest BCUT2D eigenvalue weighted by atomic mass is 32.1. The third-order valence-corrected chi connectivity index (χ3v) is 4.92. The molecular formula is C17H19N3O3S. The lowest BCUT2D eigenvalue weighted by molar-refractivity contribution is -0.127. The van der Waals surface area contributed by atoms with Crippen LogP contribution in [0.3, 0.4) is 0 Å². The lowest BCUT2D eigenvalue weighted by Crippen LogP contribution is -2.37. The molecule has 3 rings (SSSR count). The Labute approximate surface area is 143 Å². The zero-order valence-corrected chi connectivity index (χ0v) is 14.5. The van der Waals surface area contributed by atoms with Crippen molar-refractivity contribution in [3.05, 3.63) is 61.1 Å². The van der Waals surface area contributed by atoms with Gasteiger partial charge in [0.15, 0.2) is 0 Å². The highest BCUT2D eigenvalue weighted by Gasteiger charge is 2.31. The van der Waals surface area contributed by atoms with E-state index in [1.54, 1.807) is 18.4 Å². The number of carbonyl (C=O) groups is 1. The van der Waals surface area contributed by atoms with E-state index >= 15 is 0 Å². The summed E-state index contributed by atoms with van der Waals surface area (Å²) in [6, 6.07) is 4.27. The maximum Gasteiger partial charge on any atom is 0.330 e. The second kappa shape index (κ2) is 6.60. The van der Waals surface area contributed by atoms with Crippen LogP contribution < -0.4 is 11.2 Å². The van der Waals surface area contributed by atoms with Gasteiger partial charge in [-0.3, -0.25) is 14.2 Å². The van der Waals surface area contributed by atoms with Crippen LogP contribution in [0.2, 0.25) is 0 Å². The normalized spacial score (nSPS) is 14.2. The summed E-state index contributed by atoms with van der Waals surface area (Å²) >= 11 is 1.63. The van der Waals surface area contributed by atoms with Crippen LogP contribution in [-0.2, 0) is 25.4 Å². The van der Waals surface area contributed by atoms with Crippen molar-refractivity contribution in [2.24, 2.45) is 14.1 Å². The number of nitrogens with zero attached hydrogens (tertiary/aromatic N) is 3. The number of aromatic nitrogens is 2. The number of carbonyl (C=O) groups excluding carboxylic acids is 1. The van der Waals surface area contributed by atoms with E-state index < -0.39 is 5.56 Å². The molecule has 0 aromatic carbocycles. The molecule has 24 heavy (non-hydrogen) atoms. The van der Waals surface area contributed by atoms with E-state index in [-0.39, 0.29) is 17.6 Å². The number of thiophene rings is 1. The Morgan fingerprint density at radius 2 is 2.12 bits per heavy atom. The van der Waals surface area contributed by atoms with Gasteiger partial charge in [-0.2, -0.15) is 0 Å². The largest absolute Gasteiger partial charge is 0.331 e. The average molecular weight is 345 g/mol. The Bertz CT molecular complexity index is 889. The molecule has 1 amide bonds. The molecule has 0 saturated heterocycles. The van der Waals surface area contributed by atoms with E-state index in [0.29, 0.717) is 12.1 Å². The molecule has 1 aliphatic carbocycles. The molecule has 0 unspecified atom stereocenters. The molecule has 2 heterocycles. The smallest absolute Gasteiger partial charge is 0.330 e. The molecular weight excluding hydrogens is 326 g/mol. The second-order valence-corrected chi connectivity index (χ2v) is 6.98. The van der Waals surface area contributed by atoms with E-state index in [9.17, 15) is 14.4 Å². The van der Waals surface area contributed by atoms with Crippen molar-refractivity contribution in [2.45, 2.75) is 25.4 Å². The van der Waals surface area contributed by atoms with Gasteiger partial charge in [0.25, 0.3) is 5.56 Å². The lowest BCUT2D eigenvalue weighted by atomic mass is 10.2. The van der Waals surface area contributed by atoms with Crippen molar-refractivity contribution in [1.82, 2.24) is 14.0 Å². The van der Waals surface area contributed by atoms with Gasteiger partial charge < -0.3 is 9.47 Å². The highest BCUT2D eigenvalue weighted by Crippen LogP contribution is 2.29. The fraction of sp³-hybridized carbons (Fsp3) is 0.353. The molecule has 0 atom stereocenters. The summed E-state index contributed by atoms with van der Waals surface area (Å²) in [7, 11) is 3.01. The van der Waals surface area contributed by atoms with Crippen LogP contribution in [0.15, 0.2) is 39.4 Å². The van der Waals surface area contributed by atoms with Crippen molar-refractivity contribution in [2.75, 3.05) is 0 Å². The molecule has 0 bridgehead atoms. The van der Waals surface area contributed by atoms with Gasteiger partial charge in [0.1, 0.15) is 0 Å². The Morgan fingerprint density at radius 3 is 2.75 bits per heavy atom. The molecule has 1 saturated carbocycles. The van der Waals surface area contributed by atoms with Crippen molar-refractivity contribution < 1.29 is 4.79 Å². The summed E-state index contributed by atoms with van der Waals surface area (Å²) in [5, 5.41) is 1.99. The quantitative estimate of drug-likeness (QED) is 0.769. The zero-order valence-electron chi connectivity index (χ0n) is 13.6. The second-order valence-electron chi connectivity index (χ2n) is 5.95. The summed E-state index contributed by atoms with van der Waals surface area (Å²) in [5.41, 5.74) is -0.473. The average Bonchev–Trinajstić information content (AvgIpc) is 3.28. The van der Waals surface area contributed by atoms with Crippen molar-refractivity contribution in [1.29, 1.82) is 0 Å². The molecule has 2 aromatic heterocycles. The maximum absolute atomic E-state index is 12.5. The first-order valence-corrected chi connectivity index (χ1v) is 8.63. The molecule has 0 N–H and O–H groups in total. The minimum Gasteiger partial charge on any atom is -0.331 e. The van der Waals surface area contributed by atoms with Crippen LogP contribution in [0.5, 0.6) is 0 Å². The van der Waals surface area contributed by atoms with Crippen LogP contribution in [-0.4, -0.2) is 26.0 Å². The van der Waals surface area contributed by atoms with Gasteiger partial charge in [-0.1, -0.05) is 6.07 Å². The third kappa shape index (κ3) is 3.41. The molecule has 126 valence electrons. The van der Waals surface area contributed by atoms with E-state index in [1.807, 2.05) is 22.4 Å². The predicted octanol–water partition coefficient (Wildman–Crippen LogP) is 1.35. The van der Waals surface area contributed by atoms with Crippen LogP contribution in [0.25, 0.3) is 6.08 Å². The SMILES string of the molecule is Cn1cc(C=CC(=O)N(Cc2cccs2)C2CC2)c(=O)n(C)c1=O. The lowest BCUT2D eigenvalue weighted by Gasteiger charge is -2.19. The van der Waals surface area contributed by atoms with Crippen molar-refractivity contribution in [3.8, 4) is 0 Å². The van der Waals surface area contributed by atoms with Crippen LogP contribution in [0.1, 0.15) is 23.3 Å². The summed E-state index contributed by atoms with van der Waals surface area (Å²) in [6.45, 7) is 0.594. The highest BCUT2D eigenvalue weighted by molar-refractivity contribution is 7.09. The Balaban J connectivity index is 1.81. The number of amides is 1. The maximum atomic E-state index is 12.5. The van der Waals surface area contributed by atoms with Gasteiger partial charge in [0, 0.05) is 37.3 Å². The molecule has 7 heteroatoms. The van der Waals surface area contributed by atoms with E-state index in [0.717, 1.165) is 22.3 Å². The number of aryl methyl sites for hydroxylation is 1. The summed E-state index contributed by atoms with van der Waals surface area (Å²) in [6.07, 6.45) is 6.41. The standard InChI is InChI=1S/C17H19N3O3S/c1-18-10-12(16(22)19(2)17(18)23)5-8-15(21)20(13-6-7-13)11-14-4-3-9-24-14/h3-5,8-10,13H,6-7,11H2,1-2H3. The van der Waals surface area contributed by atoms with Gasteiger partial charge in [0.05, 0.1) is 12.1 Å². The fourth-order valence-electron chi connectivity index (χ4n) is 2.55. The summed E-state index contributed by atoms with van der Waals surface area (Å²) in [5.74, 6) is -0.109. The van der Waals surface area contributed by atoms with E-state index in [4.69, 9.17) is 0 Å². The number of rotatable bonds is 5. The predicted molar refractivity (Wildman–Crippen MR) is 93.8 cm³/mol. The first-order valence-electron chi connectivity index (χ1n) is 7.75. The van der Waals surface area contributed by atoms with E-state index in [1.165, 1.54) is 30.0 Å². The van der Waals surface area contributed by atoms with Gasteiger partial charge in [-0.05, 0) is 30.4 Å². The molecule has 1 aliphatic rings. The van der Waals surface area contributed by atoms with Gasteiger partial charge in [-0.25, -0.2) is 4.79 Å². The van der Waals surface area contributed by atoms with Gasteiger partial charge >= 0.3 is 5.69 Å². The van der Waals surface area contributed by atoms with Crippen LogP contribution in [0.4, 0.5) is 0 Å². The van der Waals surface area contributed by atoms with Crippen molar-refractivity contribution >= 4 is 23.3 Å². The molecule has 2 aromatic rings. The topological polar surface area (TPSA) is 64.3 Å². The molecule has 6 nitrogen and oxygen atoms in total. The summed E-state index contributed by atoms with van der Waals surface area (Å²) < 4.78 is 2.37. The van der Waals surface area contributed by atoms with Crippen molar-refractivity contribution in [3.63, 3.8) is 0 Å². The summed E-state index contributed by atoms with van der Waals surface area (Å²) in [4.78, 5) is 39.3. The first-order chi connectivity index (χ1) is 11.5. The number of hydrogen-bond donors (Lipinski definition) is 0. The molecule has 0 spiro atoms. The minimum absolute atomic E-state index is 0.109. The number of hydrogen-bond acceptors (Lipinski definition) is 4. The van der Waals surface area contributed by atoms with Crippen LogP contribution >= 0.6 is 11.3 Å². The van der Waals surface area contributed by atoms with E-state index in [2.05, 4.69) is 0 Å². The first kappa shape index (κ1) is 16.4. The van der Waals surface area contributed by atoms with Crippen LogP contribution in [0, 0.1) is 0 Å². The monoisotopic (exact) mass is 345 g/mol. The van der Waals surface area contributed by atoms with Gasteiger partial charge in [-0.15, -0.1) is 11.3 Å². The fourth-order valence-corrected chi connectivity index (χ4v) is 3.25. The van der Waals surface area contributed by atoms with Gasteiger partial charge in [0.2, 0.25) is 5.91 Å². The Hall–Kier alpha value is -2.41. The Morgan fingerprint density at radius 1 is 1.38 bits per heavy atom. The third-order valence-electron chi connectivity index (χ3n) is 4.06. The minimum atomic E-state index is -0.404. The molecule has 1 fully saturated rings.